The van der Waals surface area contributed by atoms with E-state index in [4.69, 9.17) is 10.5 Å². The van der Waals surface area contributed by atoms with Crippen molar-refractivity contribution in [3.05, 3.63) is 53.9 Å². The van der Waals surface area contributed by atoms with Crippen LogP contribution in [0.3, 0.4) is 0 Å². The topological polar surface area (TPSA) is 97.5 Å². The van der Waals surface area contributed by atoms with Crippen LogP contribution in [0.4, 0.5) is 0 Å². The van der Waals surface area contributed by atoms with Crippen molar-refractivity contribution in [2.75, 3.05) is 33.4 Å². The van der Waals surface area contributed by atoms with Crippen molar-refractivity contribution in [2.45, 2.75) is 31.7 Å². The predicted molar refractivity (Wildman–Crippen MR) is 116 cm³/mol. The molecule has 30 heavy (non-hydrogen) atoms. The lowest BCUT2D eigenvalue weighted by Gasteiger charge is -2.31. The summed E-state index contributed by atoms with van der Waals surface area (Å²) in [6, 6.07) is 11.4. The van der Waals surface area contributed by atoms with Gasteiger partial charge in [0.25, 0.3) is 0 Å². The molecule has 3 N–H and O–H groups in total. The van der Waals surface area contributed by atoms with E-state index in [9.17, 15) is 9.59 Å². The molecule has 0 aliphatic carbocycles. The van der Waals surface area contributed by atoms with Crippen LogP contribution in [0.1, 0.15) is 41.7 Å². The summed E-state index contributed by atoms with van der Waals surface area (Å²) >= 11 is 0. The van der Waals surface area contributed by atoms with Gasteiger partial charge in [-0.05, 0) is 56.6 Å². The van der Waals surface area contributed by atoms with Crippen molar-refractivity contribution in [3.8, 4) is 11.1 Å². The molecule has 1 atom stereocenters. The molecule has 1 aliphatic heterocycles. The molecule has 0 spiro atoms. The summed E-state index contributed by atoms with van der Waals surface area (Å²) in [5, 5.41) is 2.96. The summed E-state index contributed by atoms with van der Waals surface area (Å²) in [6.45, 7) is 4.63. The molecule has 1 aromatic carbocycles. The molecule has 0 bridgehead atoms. The van der Waals surface area contributed by atoms with Gasteiger partial charge in [0.2, 0.25) is 11.8 Å². The van der Waals surface area contributed by atoms with Crippen LogP contribution in [-0.2, 0) is 9.53 Å². The van der Waals surface area contributed by atoms with Crippen molar-refractivity contribution in [2.24, 2.45) is 5.73 Å². The molecule has 7 nitrogen and oxygen atoms in total. The molecule has 7 heteroatoms. The predicted octanol–water partition coefficient (Wildman–Crippen LogP) is 2.18. The highest BCUT2D eigenvalue weighted by Crippen LogP contribution is 2.28. The summed E-state index contributed by atoms with van der Waals surface area (Å²) in [5.74, 6) is -0.00331. The van der Waals surface area contributed by atoms with Gasteiger partial charge in [0.1, 0.15) is 0 Å². The van der Waals surface area contributed by atoms with Crippen LogP contribution < -0.4 is 11.1 Å². The maximum atomic E-state index is 12.1. The molecule has 1 unspecified atom stereocenters. The first-order chi connectivity index (χ1) is 14.5. The fourth-order valence-electron chi connectivity index (χ4n) is 3.87. The van der Waals surface area contributed by atoms with Crippen molar-refractivity contribution in [3.63, 3.8) is 0 Å². The molecule has 1 aliphatic rings. The smallest absolute Gasteiger partial charge is 0.248 e. The van der Waals surface area contributed by atoms with Gasteiger partial charge in [-0.3, -0.25) is 19.5 Å². The van der Waals surface area contributed by atoms with Gasteiger partial charge < -0.3 is 15.8 Å². The van der Waals surface area contributed by atoms with E-state index >= 15 is 0 Å². The number of rotatable bonds is 8. The quantitative estimate of drug-likeness (QED) is 0.695. The molecule has 1 saturated heterocycles. The molecular formula is C23H30N4O3. The highest BCUT2D eigenvalue weighted by Gasteiger charge is 2.23. The number of hydrogen-bond donors (Lipinski definition) is 2. The second kappa shape index (κ2) is 10.3. The molecule has 2 heterocycles. The lowest BCUT2D eigenvalue weighted by molar-refractivity contribution is -0.123. The maximum absolute atomic E-state index is 12.1. The summed E-state index contributed by atoms with van der Waals surface area (Å²) < 4.78 is 5.05. The van der Waals surface area contributed by atoms with Crippen molar-refractivity contribution in [1.29, 1.82) is 0 Å². The zero-order valence-corrected chi connectivity index (χ0v) is 17.6. The Labute approximate surface area is 177 Å². The Kier molecular flexibility index (Phi) is 7.54. The third kappa shape index (κ3) is 5.87. The average molecular weight is 411 g/mol. The van der Waals surface area contributed by atoms with Gasteiger partial charge in [0.15, 0.2) is 0 Å². The van der Waals surface area contributed by atoms with E-state index in [1.807, 2.05) is 31.3 Å². The van der Waals surface area contributed by atoms with Crippen molar-refractivity contribution < 1.29 is 14.3 Å². The third-order valence-electron chi connectivity index (χ3n) is 5.46. The van der Waals surface area contributed by atoms with Crippen LogP contribution in [-0.4, -0.2) is 61.1 Å². The number of hydrogen-bond acceptors (Lipinski definition) is 5. The van der Waals surface area contributed by atoms with Crippen molar-refractivity contribution in [1.82, 2.24) is 15.2 Å². The first-order valence-corrected chi connectivity index (χ1v) is 10.3. The molecule has 1 aromatic heterocycles. The Bertz CT molecular complexity index is 861. The number of primary amides is 1. The number of carbonyl (C=O) groups excluding carboxylic acids is 2. The molecule has 0 radical (unpaired) electrons. The monoisotopic (exact) mass is 410 g/mol. The minimum Gasteiger partial charge on any atom is -0.383 e. The Balaban J connectivity index is 1.53. The van der Waals surface area contributed by atoms with E-state index < -0.39 is 5.91 Å². The minimum atomic E-state index is -0.435. The van der Waals surface area contributed by atoms with Crippen LogP contribution in [0.25, 0.3) is 11.1 Å². The van der Waals surface area contributed by atoms with Gasteiger partial charge in [0, 0.05) is 42.1 Å². The number of aromatic nitrogens is 1. The van der Waals surface area contributed by atoms with E-state index in [1.165, 1.54) is 0 Å². The maximum Gasteiger partial charge on any atom is 0.248 e. The zero-order chi connectivity index (χ0) is 21.5. The normalized spacial score (nSPS) is 16.2. The summed E-state index contributed by atoms with van der Waals surface area (Å²) in [6.07, 6.45) is 3.81. The van der Waals surface area contributed by atoms with E-state index in [2.05, 4.69) is 21.3 Å². The molecule has 160 valence electrons. The first-order valence-electron chi connectivity index (χ1n) is 10.3. The average Bonchev–Trinajstić information content (AvgIpc) is 2.74. The summed E-state index contributed by atoms with van der Waals surface area (Å²) in [7, 11) is 1.63. The molecular weight excluding hydrogens is 380 g/mol. The van der Waals surface area contributed by atoms with Gasteiger partial charge in [-0.25, -0.2) is 0 Å². The standard InChI is InChI=1S/C23H30N4O3/c1-16(15-30-2)26-22(28)14-27-10-8-17(9-11-27)21-7-6-20(13-25-21)18-4-3-5-19(12-18)23(24)29/h3-7,12-13,16-17H,8-11,14-15H2,1-2H3,(H2,24,29)(H,26,28). The Hall–Kier alpha value is -2.77. The molecule has 2 aromatic rings. The lowest BCUT2D eigenvalue weighted by Crippen LogP contribution is -2.44. The van der Waals surface area contributed by atoms with Gasteiger partial charge in [0.05, 0.1) is 13.2 Å². The van der Waals surface area contributed by atoms with Crippen LogP contribution in [0.15, 0.2) is 42.6 Å². The minimum absolute atomic E-state index is 0.0198. The number of piperidine rings is 1. The Morgan fingerprint density at radius 3 is 2.63 bits per heavy atom. The zero-order valence-electron chi connectivity index (χ0n) is 17.6. The van der Waals surface area contributed by atoms with Gasteiger partial charge in [-0.15, -0.1) is 0 Å². The van der Waals surface area contributed by atoms with Crippen LogP contribution in [0.5, 0.6) is 0 Å². The first kappa shape index (κ1) is 21.9. The number of pyridine rings is 1. The second-order valence-electron chi connectivity index (χ2n) is 7.89. The molecule has 2 amide bonds. The van der Waals surface area contributed by atoms with Gasteiger partial charge >= 0.3 is 0 Å². The number of carbonyl (C=O) groups is 2. The number of nitrogens with zero attached hydrogens (tertiary/aromatic N) is 2. The SMILES string of the molecule is COCC(C)NC(=O)CN1CCC(c2ccc(-c3cccc(C(N)=O)c3)cn2)CC1. The number of benzene rings is 1. The van der Waals surface area contributed by atoms with Crippen LogP contribution in [0, 0.1) is 0 Å². The highest BCUT2D eigenvalue weighted by molar-refractivity contribution is 5.94. The number of methoxy groups -OCH3 is 1. The van der Waals surface area contributed by atoms with E-state index in [1.54, 1.807) is 19.2 Å². The Morgan fingerprint density at radius 1 is 1.23 bits per heavy atom. The summed E-state index contributed by atoms with van der Waals surface area (Å²) in [5.41, 5.74) is 8.82. The third-order valence-corrected chi connectivity index (χ3v) is 5.46. The van der Waals surface area contributed by atoms with Crippen LogP contribution in [0.2, 0.25) is 0 Å². The number of ether oxygens (including phenoxy) is 1. The van der Waals surface area contributed by atoms with Crippen LogP contribution >= 0.6 is 0 Å². The van der Waals surface area contributed by atoms with Gasteiger partial charge in [-0.2, -0.15) is 0 Å². The Morgan fingerprint density at radius 2 is 2.00 bits per heavy atom. The van der Waals surface area contributed by atoms with Gasteiger partial charge in [-0.1, -0.05) is 18.2 Å². The number of nitrogens with two attached hydrogens (primary N) is 1. The molecule has 0 saturated carbocycles. The second-order valence-corrected chi connectivity index (χ2v) is 7.89. The highest BCUT2D eigenvalue weighted by atomic mass is 16.5. The largest absolute Gasteiger partial charge is 0.383 e. The number of likely N-dealkylation sites (tertiary alicyclic amines) is 1. The number of amides is 2. The van der Waals surface area contributed by atoms with Crippen molar-refractivity contribution >= 4 is 11.8 Å². The van der Waals surface area contributed by atoms with E-state index in [0.29, 0.717) is 24.6 Å². The fraction of sp³-hybridized carbons (Fsp3) is 0.435. The van der Waals surface area contributed by atoms with E-state index in [0.717, 1.165) is 42.8 Å². The molecule has 3 rings (SSSR count). The number of nitrogens with one attached hydrogen (secondary N) is 1. The molecule has 1 fully saturated rings. The fourth-order valence-corrected chi connectivity index (χ4v) is 3.87. The summed E-state index contributed by atoms with van der Waals surface area (Å²) in [4.78, 5) is 30.4. The van der Waals surface area contributed by atoms with E-state index in [-0.39, 0.29) is 11.9 Å². The lowest BCUT2D eigenvalue weighted by atomic mass is 9.92.